The number of benzene rings is 1. The Bertz CT molecular complexity index is 370. The van der Waals surface area contributed by atoms with Gasteiger partial charge in [-0.25, -0.2) is 0 Å². The SMILES string of the molecule is C/C=C/CCNC(=O)c1ccc(CSC)cc1. The first-order valence-electron chi connectivity index (χ1n) is 5.75. The molecule has 0 bridgehead atoms. The zero-order chi connectivity index (χ0) is 12.5. The van der Waals surface area contributed by atoms with Gasteiger partial charge in [0.2, 0.25) is 0 Å². The Hall–Kier alpha value is -1.22. The van der Waals surface area contributed by atoms with Crippen molar-refractivity contribution in [3.8, 4) is 0 Å². The Morgan fingerprint density at radius 2 is 2.06 bits per heavy atom. The number of nitrogens with one attached hydrogen (secondary N) is 1. The van der Waals surface area contributed by atoms with E-state index < -0.39 is 0 Å². The molecule has 1 N–H and O–H groups in total. The van der Waals surface area contributed by atoms with Crippen LogP contribution in [0.2, 0.25) is 0 Å². The third-order valence-electron chi connectivity index (χ3n) is 2.36. The predicted octanol–water partition coefficient (Wildman–Crippen LogP) is 3.25. The second-order valence-electron chi connectivity index (χ2n) is 3.74. The monoisotopic (exact) mass is 249 g/mol. The number of hydrogen-bond acceptors (Lipinski definition) is 2. The molecule has 0 aromatic heterocycles. The molecular formula is C14H19NOS. The van der Waals surface area contributed by atoms with Gasteiger partial charge in [-0.05, 0) is 37.3 Å². The third-order valence-corrected chi connectivity index (χ3v) is 2.98. The quantitative estimate of drug-likeness (QED) is 0.619. The van der Waals surface area contributed by atoms with Gasteiger partial charge in [-0.3, -0.25) is 4.79 Å². The maximum atomic E-state index is 11.7. The summed E-state index contributed by atoms with van der Waals surface area (Å²) in [6.45, 7) is 2.67. The van der Waals surface area contributed by atoms with E-state index in [9.17, 15) is 4.79 Å². The molecule has 0 fully saturated rings. The lowest BCUT2D eigenvalue weighted by Gasteiger charge is -2.04. The van der Waals surface area contributed by atoms with Gasteiger partial charge in [0.15, 0.2) is 0 Å². The standard InChI is InChI=1S/C14H19NOS/c1-3-4-5-10-15-14(16)13-8-6-12(7-9-13)11-17-2/h3-4,6-9H,5,10-11H2,1-2H3,(H,15,16)/b4-3+. The first-order valence-corrected chi connectivity index (χ1v) is 7.14. The minimum atomic E-state index is 0.00482. The van der Waals surface area contributed by atoms with Gasteiger partial charge in [0.25, 0.3) is 5.91 Å². The van der Waals surface area contributed by atoms with E-state index in [0.29, 0.717) is 6.54 Å². The van der Waals surface area contributed by atoms with Gasteiger partial charge in [0, 0.05) is 17.9 Å². The number of carbonyl (C=O) groups excluding carboxylic acids is 1. The van der Waals surface area contributed by atoms with Crippen LogP contribution in [0.3, 0.4) is 0 Å². The van der Waals surface area contributed by atoms with Gasteiger partial charge in [0.05, 0.1) is 0 Å². The molecule has 2 nitrogen and oxygen atoms in total. The van der Waals surface area contributed by atoms with Crippen LogP contribution in [0.4, 0.5) is 0 Å². The maximum absolute atomic E-state index is 11.7. The van der Waals surface area contributed by atoms with Gasteiger partial charge in [-0.15, -0.1) is 0 Å². The molecule has 0 aliphatic rings. The molecule has 0 saturated heterocycles. The summed E-state index contributed by atoms with van der Waals surface area (Å²) in [4.78, 5) is 11.7. The number of amides is 1. The molecule has 0 unspecified atom stereocenters. The van der Waals surface area contributed by atoms with E-state index >= 15 is 0 Å². The molecule has 0 saturated carbocycles. The summed E-state index contributed by atoms with van der Waals surface area (Å²) in [5.74, 6) is 0.994. The number of thioether (sulfide) groups is 1. The van der Waals surface area contributed by atoms with Crippen LogP contribution in [0.5, 0.6) is 0 Å². The first-order chi connectivity index (χ1) is 8.27. The molecule has 1 aromatic carbocycles. The molecule has 3 heteroatoms. The lowest BCUT2D eigenvalue weighted by molar-refractivity contribution is 0.0954. The average molecular weight is 249 g/mol. The van der Waals surface area contributed by atoms with Crippen molar-refractivity contribution >= 4 is 17.7 Å². The molecule has 1 rings (SSSR count). The smallest absolute Gasteiger partial charge is 0.251 e. The van der Waals surface area contributed by atoms with Crippen molar-refractivity contribution in [2.75, 3.05) is 12.8 Å². The summed E-state index contributed by atoms with van der Waals surface area (Å²) in [5, 5.41) is 2.89. The van der Waals surface area contributed by atoms with Crippen molar-refractivity contribution in [1.82, 2.24) is 5.32 Å². The van der Waals surface area contributed by atoms with Crippen molar-refractivity contribution in [3.63, 3.8) is 0 Å². The normalized spacial score (nSPS) is 10.7. The van der Waals surface area contributed by atoms with E-state index in [2.05, 4.69) is 11.6 Å². The van der Waals surface area contributed by atoms with Gasteiger partial charge in [-0.2, -0.15) is 11.8 Å². The minimum Gasteiger partial charge on any atom is -0.352 e. The summed E-state index contributed by atoms with van der Waals surface area (Å²) in [6, 6.07) is 7.79. The largest absolute Gasteiger partial charge is 0.352 e. The van der Waals surface area contributed by atoms with Crippen molar-refractivity contribution in [3.05, 3.63) is 47.5 Å². The van der Waals surface area contributed by atoms with E-state index in [4.69, 9.17) is 0 Å². The number of rotatable bonds is 6. The van der Waals surface area contributed by atoms with Crippen molar-refractivity contribution in [2.24, 2.45) is 0 Å². The van der Waals surface area contributed by atoms with Crippen LogP contribution < -0.4 is 5.32 Å². The van der Waals surface area contributed by atoms with Crippen LogP contribution in [0.1, 0.15) is 29.3 Å². The highest BCUT2D eigenvalue weighted by atomic mass is 32.2. The van der Waals surface area contributed by atoms with Crippen molar-refractivity contribution in [2.45, 2.75) is 19.1 Å². The van der Waals surface area contributed by atoms with Crippen LogP contribution in [0.15, 0.2) is 36.4 Å². The molecule has 17 heavy (non-hydrogen) atoms. The molecule has 1 aromatic rings. The van der Waals surface area contributed by atoms with E-state index in [0.717, 1.165) is 17.7 Å². The van der Waals surface area contributed by atoms with E-state index in [1.54, 1.807) is 11.8 Å². The topological polar surface area (TPSA) is 29.1 Å². The van der Waals surface area contributed by atoms with Crippen LogP contribution in [-0.4, -0.2) is 18.7 Å². The van der Waals surface area contributed by atoms with E-state index in [-0.39, 0.29) is 5.91 Å². The summed E-state index contributed by atoms with van der Waals surface area (Å²) in [5.41, 5.74) is 1.98. The highest BCUT2D eigenvalue weighted by molar-refractivity contribution is 7.97. The average Bonchev–Trinajstić information content (AvgIpc) is 2.36. The Morgan fingerprint density at radius 3 is 2.65 bits per heavy atom. The van der Waals surface area contributed by atoms with Crippen molar-refractivity contribution in [1.29, 1.82) is 0 Å². The Labute approximate surface area is 107 Å². The van der Waals surface area contributed by atoms with Crippen LogP contribution in [-0.2, 0) is 5.75 Å². The molecular weight excluding hydrogens is 230 g/mol. The van der Waals surface area contributed by atoms with E-state index in [1.165, 1.54) is 5.56 Å². The fourth-order valence-corrected chi connectivity index (χ4v) is 1.98. The molecule has 92 valence electrons. The van der Waals surface area contributed by atoms with Crippen molar-refractivity contribution < 1.29 is 4.79 Å². The summed E-state index contributed by atoms with van der Waals surface area (Å²) >= 11 is 1.78. The molecule has 1 amide bonds. The lowest BCUT2D eigenvalue weighted by Crippen LogP contribution is -2.24. The molecule has 0 radical (unpaired) electrons. The second-order valence-corrected chi connectivity index (χ2v) is 4.61. The lowest BCUT2D eigenvalue weighted by atomic mass is 10.1. The first kappa shape index (κ1) is 13.8. The van der Waals surface area contributed by atoms with Gasteiger partial charge in [-0.1, -0.05) is 24.3 Å². The Morgan fingerprint density at radius 1 is 1.35 bits per heavy atom. The molecule has 0 aliphatic heterocycles. The van der Waals surface area contributed by atoms with Crippen LogP contribution in [0, 0.1) is 0 Å². The van der Waals surface area contributed by atoms with Gasteiger partial charge in [0.1, 0.15) is 0 Å². The van der Waals surface area contributed by atoms with Gasteiger partial charge < -0.3 is 5.32 Å². The summed E-state index contributed by atoms with van der Waals surface area (Å²) in [7, 11) is 0. The summed E-state index contributed by atoms with van der Waals surface area (Å²) < 4.78 is 0. The molecule has 0 aliphatic carbocycles. The fraction of sp³-hybridized carbons (Fsp3) is 0.357. The number of hydrogen-bond donors (Lipinski definition) is 1. The van der Waals surface area contributed by atoms with Crippen LogP contribution >= 0.6 is 11.8 Å². The highest BCUT2D eigenvalue weighted by Gasteiger charge is 2.03. The molecule has 0 atom stereocenters. The van der Waals surface area contributed by atoms with E-state index in [1.807, 2.05) is 43.3 Å². The Balaban J connectivity index is 2.46. The molecule has 0 heterocycles. The molecule has 0 spiro atoms. The maximum Gasteiger partial charge on any atom is 0.251 e. The minimum absolute atomic E-state index is 0.00482. The number of carbonyl (C=O) groups is 1. The number of allylic oxidation sites excluding steroid dienone is 1. The highest BCUT2D eigenvalue weighted by Crippen LogP contribution is 2.10. The Kier molecular flexibility index (Phi) is 6.48. The third kappa shape index (κ3) is 5.09. The second kappa shape index (κ2) is 7.96. The van der Waals surface area contributed by atoms with Gasteiger partial charge >= 0.3 is 0 Å². The fourth-order valence-electron chi connectivity index (χ4n) is 1.46. The summed E-state index contributed by atoms with van der Waals surface area (Å²) in [6.07, 6.45) is 6.99. The van der Waals surface area contributed by atoms with Crippen LogP contribution in [0.25, 0.3) is 0 Å². The zero-order valence-corrected chi connectivity index (χ0v) is 11.2. The zero-order valence-electron chi connectivity index (χ0n) is 10.4. The predicted molar refractivity (Wildman–Crippen MR) is 75.4 cm³/mol.